The van der Waals surface area contributed by atoms with Crippen LogP contribution in [0.5, 0.6) is 5.75 Å². The quantitative estimate of drug-likeness (QED) is 0.574. The number of hydrogen-bond donors (Lipinski definition) is 1. The van der Waals surface area contributed by atoms with Crippen molar-refractivity contribution in [1.82, 2.24) is 9.71 Å². The minimum Gasteiger partial charge on any atom is -0.598 e. The number of aromatic nitrogens is 1. The van der Waals surface area contributed by atoms with Crippen LogP contribution in [0.25, 0.3) is 10.4 Å². The van der Waals surface area contributed by atoms with E-state index in [0.717, 1.165) is 27.4 Å². The van der Waals surface area contributed by atoms with Crippen molar-refractivity contribution < 1.29 is 14.0 Å². The zero-order valence-electron chi connectivity index (χ0n) is 15.6. The topological polar surface area (TPSA) is 66.4 Å². The molecule has 1 aromatic heterocycles. The van der Waals surface area contributed by atoms with Gasteiger partial charge < -0.3 is 14.0 Å². The van der Waals surface area contributed by atoms with Gasteiger partial charge in [0.2, 0.25) is 0 Å². The molecule has 1 heterocycles. The summed E-state index contributed by atoms with van der Waals surface area (Å²) in [5.74, 6) is 0.720. The molecule has 1 unspecified atom stereocenters. The van der Waals surface area contributed by atoms with Crippen molar-refractivity contribution >= 4 is 22.7 Å². The second-order valence-electron chi connectivity index (χ2n) is 6.79. The van der Waals surface area contributed by atoms with Crippen LogP contribution >= 0.6 is 11.3 Å². The number of benzene rings is 1. The van der Waals surface area contributed by atoms with Gasteiger partial charge >= 0.3 is 0 Å². The zero-order valence-corrected chi connectivity index (χ0v) is 17.2. The van der Waals surface area contributed by atoms with Crippen LogP contribution in [0, 0.1) is 6.92 Å². The highest BCUT2D eigenvalue weighted by molar-refractivity contribution is 7.90. The summed E-state index contributed by atoms with van der Waals surface area (Å²) in [6.45, 7) is 9.97. The number of rotatable bonds is 7. The second-order valence-corrected chi connectivity index (χ2v) is 9.64. The van der Waals surface area contributed by atoms with Crippen molar-refractivity contribution in [2.75, 3.05) is 13.9 Å². The standard InChI is InChI=1S/C18H26N2O3S2/c1-12(20-25(21)18(3,4)5)15-8-7-14(9-16(15)23-11-22-6)17-13(2)19-10-24-17/h7-10,12,20H,11H2,1-6H3/t12?,25-/m1/s1. The summed E-state index contributed by atoms with van der Waals surface area (Å²) in [6.07, 6.45) is 0. The highest BCUT2D eigenvalue weighted by Crippen LogP contribution is 2.34. The maximum absolute atomic E-state index is 12.4. The molecular weight excluding hydrogens is 356 g/mol. The van der Waals surface area contributed by atoms with Crippen LogP contribution in [0.3, 0.4) is 0 Å². The summed E-state index contributed by atoms with van der Waals surface area (Å²) < 4.78 is 26.1. The highest BCUT2D eigenvalue weighted by Gasteiger charge is 2.29. The van der Waals surface area contributed by atoms with E-state index >= 15 is 0 Å². The molecular formula is C18H26N2O3S2. The average molecular weight is 383 g/mol. The first kappa shape index (κ1) is 20.2. The molecule has 138 valence electrons. The molecule has 2 aromatic rings. The summed E-state index contributed by atoms with van der Waals surface area (Å²) in [6, 6.07) is 5.93. The molecule has 0 spiro atoms. The van der Waals surface area contributed by atoms with E-state index in [-0.39, 0.29) is 17.6 Å². The summed E-state index contributed by atoms with van der Waals surface area (Å²) in [5, 5.41) is 0. The van der Waals surface area contributed by atoms with Gasteiger partial charge in [0.25, 0.3) is 0 Å². The fourth-order valence-electron chi connectivity index (χ4n) is 2.26. The van der Waals surface area contributed by atoms with Gasteiger partial charge in [0.05, 0.1) is 22.1 Å². The van der Waals surface area contributed by atoms with E-state index in [2.05, 4.69) is 9.71 Å². The first-order valence-corrected chi connectivity index (χ1v) is 10.1. The minimum absolute atomic E-state index is 0.122. The van der Waals surface area contributed by atoms with E-state index in [1.807, 2.05) is 58.3 Å². The molecule has 0 radical (unpaired) electrons. The predicted molar refractivity (Wildman–Crippen MR) is 104 cm³/mol. The number of nitrogens with zero attached hydrogens (tertiary/aromatic N) is 1. The van der Waals surface area contributed by atoms with Crippen molar-refractivity contribution in [1.29, 1.82) is 0 Å². The van der Waals surface area contributed by atoms with Gasteiger partial charge in [-0.2, -0.15) is 0 Å². The molecule has 25 heavy (non-hydrogen) atoms. The van der Waals surface area contributed by atoms with Crippen molar-refractivity contribution in [2.24, 2.45) is 0 Å². The van der Waals surface area contributed by atoms with Gasteiger partial charge in [-0.25, -0.2) is 4.98 Å². The van der Waals surface area contributed by atoms with Gasteiger partial charge in [-0.3, -0.25) is 0 Å². The van der Waals surface area contributed by atoms with Gasteiger partial charge in [0, 0.05) is 24.0 Å². The lowest BCUT2D eigenvalue weighted by Crippen LogP contribution is -2.40. The maximum atomic E-state index is 12.4. The Balaban J connectivity index is 2.31. The Hall–Kier alpha value is -1.12. The van der Waals surface area contributed by atoms with Crippen LogP contribution in [0.1, 0.15) is 45.0 Å². The second kappa shape index (κ2) is 8.51. The van der Waals surface area contributed by atoms with Gasteiger partial charge in [-0.15, -0.1) is 16.1 Å². The van der Waals surface area contributed by atoms with E-state index in [0.29, 0.717) is 0 Å². The van der Waals surface area contributed by atoms with Crippen LogP contribution in [-0.4, -0.2) is 28.2 Å². The summed E-state index contributed by atoms with van der Waals surface area (Å²) in [7, 11) is 1.59. The highest BCUT2D eigenvalue weighted by atomic mass is 32.2. The zero-order chi connectivity index (χ0) is 18.6. The predicted octanol–water partition coefficient (Wildman–Crippen LogP) is 4.21. The molecule has 0 aliphatic heterocycles. The average Bonchev–Trinajstić information content (AvgIpc) is 2.97. The molecule has 0 saturated heterocycles. The SMILES string of the molecule is COCOc1cc(-c2scnc2C)ccc1C(C)N[S@+]([O-])C(C)(C)C. The van der Waals surface area contributed by atoms with Crippen LogP contribution in [0.2, 0.25) is 0 Å². The summed E-state index contributed by atoms with van der Waals surface area (Å²) in [4.78, 5) is 5.43. The molecule has 0 bridgehead atoms. The molecule has 0 aliphatic rings. The van der Waals surface area contributed by atoms with Crippen molar-refractivity contribution in [3.05, 3.63) is 35.0 Å². The number of nitrogens with one attached hydrogen (secondary N) is 1. The van der Waals surface area contributed by atoms with Gasteiger partial charge in [-0.05, 0) is 46.2 Å². The normalized spacial score (nSPS) is 14.4. The van der Waals surface area contributed by atoms with Crippen LogP contribution in [0.15, 0.2) is 23.7 Å². The number of aryl methyl sites for hydroxylation is 1. The maximum Gasteiger partial charge on any atom is 0.188 e. The van der Waals surface area contributed by atoms with E-state index in [9.17, 15) is 4.55 Å². The molecule has 0 amide bonds. The lowest BCUT2D eigenvalue weighted by atomic mass is 10.0. The molecule has 0 aliphatic carbocycles. The molecule has 1 N–H and O–H groups in total. The number of ether oxygens (including phenoxy) is 2. The Morgan fingerprint density at radius 1 is 1.36 bits per heavy atom. The summed E-state index contributed by atoms with van der Waals surface area (Å²) >= 11 is 0.436. The Labute approximate surface area is 157 Å². The number of hydrogen-bond acceptors (Lipinski definition) is 6. The van der Waals surface area contributed by atoms with Gasteiger partial charge in [-0.1, -0.05) is 12.1 Å². The lowest BCUT2D eigenvalue weighted by molar-refractivity contribution is 0.0502. The van der Waals surface area contributed by atoms with E-state index in [1.165, 1.54) is 0 Å². The minimum atomic E-state index is -1.17. The first-order valence-electron chi connectivity index (χ1n) is 8.08. The molecule has 5 nitrogen and oxygen atoms in total. The number of thiazole rings is 1. The van der Waals surface area contributed by atoms with E-state index in [4.69, 9.17) is 9.47 Å². The van der Waals surface area contributed by atoms with Crippen molar-refractivity contribution in [2.45, 2.75) is 45.4 Å². The Morgan fingerprint density at radius 3 is 2.64 bits per heavy atom. The third-order valence-corrected chi connectivity index (χ3v) is 6.32. The van der Waals surface area contributed by atoms with Gasteiger partial charge in [0.1, 0.15) is 10.5 Å². The fourth-order valence-corrected chi connectivity index (χ4v) is 3.86. The third kappa shape index (κ3) is 5.18. The van der Waals surface area contributed by atoms with E-state index in [1.54, 1.807) is 18.4 Å². The molecule has 2 atom stereocenters. The number of methoxy groups -OCH3 is 1. The molecule has 0 saturated carbocycles. The first-order chi connectivity index (χ1) is 11.7. The van der Waals surface area contributed by atoms with Gasteiger partial charge in [0.15, 0.2) is 6.79 Å². The fraction of sp³-hybridized carbons (Fsp3) is 0.500. The Bertz CT molecular complexity index is 698. The Morgan fingerprint density at radius 2 is 2.08 bits per heavy atom. The van der Waals surface area contributed by atoms with Crippen LogP contribution in [-0.2, 0) is 16.1 Å². The molecule has 7 heteroatoms. The van der Waals surface area contributed by atoms with Crippen LogP contribution in [0.4, 0.5) is 0 Å². The molecule has 0 fully saturated rings. The van der Waals surface area contributed by atoms with E-state index < -0.39 is 11.4 Å². The molecule has 2 rings (SSSR count). The molecule has 1 aromatic carbocycles. The lowest BCUT2D eigenvalue weighted by Gasteiger charge is -2.27. The summed E-state index contributed by atoms with van der Waals surface area (Å²) in [5.41, 5.74) is 4.83. The largest absolute Gasteiger partial charge is 0.598 e. The van der Waals surface area contributed by atoms with Crippen molar-refractivity contribution in [3.8, 4) is 16.2 Å². The Kier molecular flexibility index (Phi) is 6.87. The van der Waals surface area contributed by atoms with Crippen LogP contribution < -0.4 is 9.46 Å². The van der Waals surface area contributed by atoms with Crippen molar-refractivity contribution in [3.63, 3.8) is 0 Å². The smallest absolute Gasteiger partial charge is 0.188 e. The monoisotopic (exact) mass is 382 g/mol. The third-order valence-electron chi connectivity index (χ3n) is 3.66.